The lowest BCUT2D eigenvalue weighted by Gasteiger charge is -2.21. The number of hydrogen-bond acceptors (Lipinski definition) is 6. The van der Waals surface area contributed by atoms with Gasteiger partial charge in [-0.1, -0.05) is 44.5 Å². The van der Waals surface area contributed by atoms with Crippen molar-refractivity contribution in [2.24, 2.45) is 5.92 Å². The quantitative estimate of drug-likeness (QED) is 0.540. The number of thioether (sulfide) groups is 1. The molecule has 2 N–H and O–H groups in total. The minimum absolute atomic E-state index is 0.0349. The molecule has 0 spiro atoms. The lowest BCUT2D eigenvalue weighted by molar-refractivity contribution is -0.119. The van der Waals surface area contributed by atoms with Gasteiger partial charge in [0.25, 0.3) is 5.56 Å². The maximum atomic E-state index is 12.5. The highest BCUT2D eigenvalue weighted by Gasteiger charge is 2.24. The molecular formula is C19H25N3O3S2. The van der Waals surface area contributed by atoms with Crippen molar-refractivity contribution >= 4 is 29.0 Å². The van der Waals surface area contributed by atoms with Crippen LogP contribution in [0.1, 0.15) is 56.5 Å². The Morgan fingerprint density at radius 1 is 1.44 bits per heavy atom. The van der Waals surface area contributed by atoms with Crippen LogP contribution in [-0.2, 0) is 4.79 Å². The number of amides is 1. The number of hydrogen-bond donors (Lipinski definition) is 2. The molecule has 0 radical (unpaired) electrons. The lowest BCUT2D eigenvalue weighted by atomic mass is 10.0. The maximum Gasteiger partial charge on any atom is 0.258 e. The third-order valence-electron chi connectivity index (χ3n) is 4.76. The zero-order chi connectivity index (χ0) is 19.4. The van der Waals surface area contributed by atoms with Gasteiger partial charge in [-0.2, -0.15) is 4.98 Å². The molecule has 0 aromatic carbocycles. The Hall–Kier alpha value is -1.80. The molecule has 6 nitrogen and oxygen atoms in total. The van der Waals surface area contributed by atoms with Crippen molar-refractivity contribution in [2.75, 3.05) is 5.75 Å². The minimum Gasteiger partial charge on any atom is -0.493 e. The first-order valence-electron chi connectivity index (χ1n) is 9.24. The highest BCUT2D eigenvalue weighted by atomic mass is 32.2. The van der Waals surface area contributed by atoms with E-state index < -0.39 is 0 Å². The van der Waals surface area contributed by atoms with Crippen molar-refractivity contribution in [2.45, 2.75) is 56.8 Å². The van der Waals surface area contributed by atoms with E-state index >= 15 is 0 Å². The van der Waals surface area contributed by atoms with Crippen LogP contribution >= 0.6 is 23.1 Å². The molecule has 27 heavy (non-hydrogen) atoms. The molecule has 1 fully saturated rings. The summed E-state index contributed by atoms with van der Waals surface area (Å²) in [4.78, 5) is 30.1. The third-order valence-corrected chi connectivity index (χ3v) is 6.67. The summed E-state index contributed by atoms with van der Waals surface area (Å²) in [5.74, 6) is 0.0173. The smallest absolute Gasteiger partial charge is 0.258 e. The first-order chi connectivity index (χ1) is 13.0. The summed E-state index contributed by atoms with van der Waals surface area (Å²) in [6.07, 6.45) is 4.03. The third kappa shape index (κ3) is 4.93. The second-order valence-corrected chi connectivity index (χ2v) is 9.06. The van der Waals surface area contributed by atoms with Crippen LogP contribution in [0, 0.1) is 5.92 Å². The highest BCUT2D eigenvalue weighted by molar-refractivity contribution is 7.99. The molecule has 0 bridgehead atoms. The summed E-state index contributed by atoms with van der Waals surface area (Å²) in [7, 11) is 0. The van der Waals surface area contributed by atoms with Gasteiger partial charge in [-0.3, -0.25) is 14.2 Å². The molecule has 1 saturated carbocycles. The normalized spacial score (nSPS) is 16.0. The summed E-state index contributed by atoms with van der Waals surface area (Å²) in [5, 5.41) is 15.2. The average Bonchev–Trinajstić information content (AvgIpc) is 3.30. The Kier molecular flexibility index (Phi) is 6.59. The number of nitrogens with zero attached hydrogens (tertiary/aromatic N) is 2. The molecule has 0 aliphatic heterocycles. The molecule has 1 aliphatic rings. The summed E-state index contributed by atoms with van der Waals surface area (Å²) in [6, 6.07) is 5.22. The van der Waals surface area contributed by atoms with Crippen LogP contribution in [0.2, 0.25) is 0 Å². The van der Waals surface area contributed by atoms with E-state index in [1.165, 1.54) is 11.8 Å². The fourth-order valence-corrected chi connectivity index (χ4v) is 5.27. The Balaban J connectivity index is 1.70. The second-order valence-electron chi connectivity index (χ2n) is 7.14. The Bertz CT molecular complexity index is 827. The molecule has 2 aromatic heterocycles. The van der Waals surface area contributed by atoms with E-state index in [2.05, 4.69) is 24.1 Å². The molecule has 3 rings (SSSR count). The van der Waals surface area contributed by atoms with Gasteiger partial charge in [0.1, 0.15) is 0 Å². The number of aromatic hydroxyl groups is 1. The molecule has 1 atom stereocenters. The van der Waals surface area contributed by atoms with E-state index in [1.54, 1.807) is 15.9 Å². The van der Waals surface area contributed by atoms with Crippen molar-refractivity contribution in [1.82, 2.24) is 14.9 Å². The first-order valence-corrected chi connectivity index (χ1v) is 11.1. The molecule has 2 aromatic rings. The lowest BCUT2D eigenvalue weighted by Crippen LogP contribution is -2.33. The number of nitrogens with one attached hydrogen (secondary N) is 1. The van der Waals surface area contributed by atoms with Crippen molar-refractivity contribution < 1.29 is 9.90 Å². The molecular weight excluding hydrogens is 382 g/mol. The van der Waals surface area contributed by atoms with Crippen LogP contribution in [0.5, 0.6) is 5.88 Å². The number of carbonyl (C=O) groups excluding carboxylic acids is 1. The maximum absolute atomic E-state index is 12.5. The fraction of sp³-hybridized carbons (Fsp3) is 0.526. The van der Waals surface area contributed by atoms with Gasteiger partial charge >= 0.3 is 0 Å². The van der Waals surface area contributed by atoms with Gasteiger partial charge in [-0.05, 0) is 30.2 Å². The molecule has 146 valence electrons. The molecule has 1 amide bonds. The number of aromatic nitrogens is 2. The van der Waals surface area contributed by atoms with Gasteiger partial charge in [-0.15, -0.1) is 11.3 Å². The van der Waals surface area contributed by atoms with Crippen molar-refractivity contribution in [1.29, 1.82) is 0 Å². The molecule has 0 unspecified atom stereocenters. The predicted molar refractivity (Wildman–Crippen MR) is 108 cm³/mol. The van der Waals surface area contributed by atoms with E-state index in [1.807, 2.05) is 17.5 Å². The average molecular weight is 408 g/mol. The molecule has 1 aliphatic carbocycles. The Morgan fingerprint density at radius 2 is 2.19 bits per heavy atom. The van der Waals surface area contributed by atoms with Gasteiger partial charge < -0.3 is 10.4 Å². The Labute approximate surface area is 167 Å². The number of thiophene rings is 1. The number of rotatable bonds is 7. The highest BCUT2D eigenvalue weighted by Crippen LogP contribution is 2.32. The van der Waals surface area contributed by atoms with Crippen LogP contribution in [0.25, 0.3) is 0 Å². The van der Waals surface area contributed by atoms with Crippen molar-refractivity contribution in [3.8, 4) is 5.88 Å². The van der Waals surface area contributed by atoms with Gasteiger partial charge in [-0.25, -0.2) is 0 Å². The topological polar surface area (TPSA) is 84.2 Å². The largest absolute Gasteiger partial charge is 0.493 e. The standard InChI is InChI=1S/C19H25N3O3S2/c1-12(2)18(14-8-5-9-26-14)20-16(24)11-27-19-21-15(23)10-17(25)22(19)13-6-3-4-7-13/h5,8-10,12-13,18,23H,3-4,6-7,11H2,1-2H3,(H,20,24)/t18-/m1/s1. The van der Waals surface area contributed by atoms with Crippen LogP contribution < -0.4 is 10.9 Å². The van der Waals surface area contributed by atoms with Gasteiger partial charge in [0.2, 0.25) is 11.8 Å². The molecule has 2 heterocycles. The van der Waals surface area contributed by atoms with Crippen molar-refractivity contribution in [3.05, 3.63) is 38.8 Å². The zero-order valence-electron chi connectivity index (χ0n) is 15.6. The molecule has 8 heteroatoms. The SMILES string of the molecule is CC(C)[C@@H](NC(=O)CSc1nc(O)cc(=O)n1C1CCCC1)c1cccs1. The summed E-state index contributed by atoms with van der Waals surface area (Å²) in [6.45, 7) is 4.15. The van der Waals surface area contributed by atoms with Crippen LogP contribution in [0.3, 0.4) is 0 Å². The summed E-state index contributed by atoms with van der Waals surface area (Å²) in [5.41, 5.74) is -0.254. The second kappa shape index (κ2) is 8.93. The van der Waals surface area contributed by atoms with Crippen molar-refractivity contribution in [3.63, 3.8) is 0 Å². The van der Waals surface area contributed by atoms with E-state index in [-0.39, 0.29) is 41.1 Å². The Morgan fingerprint density at radius 3 is 2.81 bits per heavy atom. The number of carbonyl (C=O) groups is 1. The predicted octanol–water partition coefficient (Wildman–Crippen LogP) is 3.73. The van der Waals surface area contributed by atoms with E-state index in [4.69, 9.17) is 0 Å². The fourth-order valence-electron chi connectivity index (χ4n) is 3.44. The minimum atomic E-state index is -0.296. The van der Waals surface area contributed by atoms with Gasteiger partial charge in [0, 0.05) is 10.9 Å². The van der Waals surface area contributed by atoms with Gasteiger partial charge in [0.15, 0.2) is 5.16 Å². The van der Waals surface area contributed by atoms with Gasteiger partial charge in [0.05, 0.1) is 17.9 Å². The summed E-state index contributed by atoms with van der Waals surface area (Å²) >= 11 is 2.83. The zero-order valence-corrected chi connectivity index (χ0v) is 17.2. The van der Waals surface area contributed by atoms with Crippen LogP contribution in [-0.4, -0.2) is 26.3 Å². The first kappa shape index (κ1) is 19.9. The van der Waals surface area contributed by atoms with E-state index in [0.717, 1.165) is 36.6 Å². The monoisotopic (exact) mass is 407 g/mol. The van der Waals surface area contributed by atoms with E-state index in [0.29, 0.717) is 5.16 Å². The van der Waals surface area contributed by atoms with Crippen LogP contribution in [0.4, 0.5) is 0 Å². The van der Waals surface area contributed by atoms with E-state index in [9.17, 15) is 14.7 Å². The summed E-state index contributed by atoms with van der Waals surface area (Å²) < 4.78 is 1.64. The molecule has 0 saturated heterocycles. The van der Waals surface area contributed by atoms with Crippen LogP contribution in [0.15, 0.2) is 33.5 Å².